The third kappa shape index (κ3) is 2.88. The largest absolute Gasteiger partial charge is 0.379 e. The van der Waals surface area contributed by atoms with Crippen molar-refractivity contribution in [2.45, 2.75) is 6.54 Å². The lowest BCUT2D eigenvalue weighted by molar-refractivity contribution is -0.107. The number of carbonyl (C=O) groups is 1. The summed E-state index contributed by atoms with van der Waals surface area (Å²) < 4.78 is 0. The summed E-state index contributed by atoms with van der Waals surface area (Å²) >= 11 is 0. The maximum atomic E-state index is 10.8. The lowest BCUT2D eigenvalue weighted by Crippen LogP contribution is -2.15. The van der Waals surface area contributed by atoms with E-state index >= 15 is 0 Å². The van der Waals surface area contributed by atoms with E-state index < -0.39 is 0 Å². The van der Waals surface area contributed by atoms with E-state index in [4.69, 9.17) is 0 Å². The molecular formula is C15H16N2O. The maximum absolute atomic E-state index is 10.8. The Hall–Kier alpha value is -2.29. The van der Waals surface area contributed by atoms with Crippen LogP contribution in [0.15, 0.2) is 54.6 Å². The molecule has 0 aromatic heterocycles. The van der Waals surface area contributed by atoms with Crippen LogP contribution >= 0.6 is 0 Å². The van der Waals surface area contributed by atoms with Crippen molar-refractivity contribution in [1.82, 2.24) is 0 Å². The molecule has 2 aromatic carbocycles. The van der Waals surface area contributed by atoms with E-state index in [9.17, 15) is 4.79 Å². The van der Waals surface area contributed by atoms with Crippen LogP contribution < -0.4 is 10.2 Å². The molecular weight excluding hydrogens is 224 g/mol. The highest BCUT2D eigenvalue weighted by Crippen LogP contribution is 2.24. The molecule has 0 heterocycles. The molecule has 0 bridgehead atoms. The Labute approximate surface area is 107 Å². The van der Waals surface area contributed by atoms with Gasteiger partial charge in [-0.1, -0.05) is 42.5 Å². The second-order valence-electron chi connectivity index (χ2n) is 4.07. The molecule has 1 amide bonds. The molecule has 0 spiro atoms. The lowest BCUT2D eigenvalue weighted by atomic mass is 10.2. The van der Waals surface area contributed by atoms with Crippen LogP contribution in [-0.4, -0.2) is 13.5 Å². The minimum absolute atomic E-state index is 0.741. The molecule has 0 saturated heterocycles. The fourth-order valence-electron chi connectivity index (χ4n) is 1.78. The van der Waals surface area contributed by atoms with Crippen LogP contribution in [0.4, 0.5) is 11.4 Å². The first-order chi connectivity index (χ1) is 8.81. The highest BCUT2D eigenvalue weighted by Gasteiger charge is 2.05. The van der Waals surface area contributed by atoms with Crippen molar-refractivity contribution in [1.29, 1.82) is 0 Å². The van der Waals surface area contributed by atoms with E-state index in [1.54, 1.807) is 11.9 Å². The van der Waals surface area contributed by atoms with Gasteiger partial charge in [-0.25, -0.2) is 0 Å². The van der Waals surface area contributed by atoms with Gasteiger partial charge >= 0.3 is 0 Å². The van der Waals surface area contributed by atoms with Gasteiger partial charge < -0.3 is 10.2 Å². The van der Waals surface area contributed by atoms with E-state index in [-0.39, 0.29) is 0 Å². The number of hydrogen-bond donors (Lipinski definition) is 1. The summed E-state index contributed by atoms with van der Waals surface area (Å²) in [7, 11) is 1.75. The quantitative estimate of drug-likeness (QED) is 0.815. The van der Waals surface area contributed by atoms with E-state index in [0.29, 0.717) is 0 Å². The van der Waals surface area contributed by atoms with Gasteiger partial charge in [-0.05, 0) is 17.7 Å². The second kappa shape index (κ2) is 5.87. The molecule has 0 aliphatic heterocycles. The standard InChI is InChI=1S/C15H16N2O/c1-17(12-18)15-10-6-5-9-14(15)16-11-13-7-3-2-4-8-13/h2-10,12,16H,11H2,1H3. The summed E-state index contributed by atoms with van der Waals surface area (Å²) in [5.74, 6) is 0. The first-order valence-electron chi connectivity index (χ1n) is 5.86. The van der Waals surface area contributed by atoms with Crippen molar-refractivity contribution in [3.63, 3.8) is 0 Å². The van der Waals surface area contributed by atoms with E-state index in [1.807, 2.05) is 42.5 Å². The number of hydrogen-bond acceptors (Lipinski definition) is 2. The highest BCUT2D eigenvalue weighted by atomic mass is 16.1. The number of anilines is 2. The first-order valence-corrected chi connectivity index (χ1v) is 5.86. The van der Waals surface area contributed by atoms with Crippen LogP contribution in [-0.2, 0) is 11.3 Å². The van der Waals surface area contributed by atoms with Crippen LogP contribution in [0.2, 0.25) is 0 Å². The van der Waals surface area contributed by atoms with Crippen LogP contribution in [0.1, 0.15) is 5.56 Å². The molecule has 3 nitrogen and oxygen atoms in total. The summed E-state index contributed by atoms with van der Waals surface area (Å²) in [6, 6.07) is 17.9. The Morgan fingerprint density at radius 3 is 2.44 bits per heavy atom. The molecule has 92 valence electrons. The summed E-state index contributed by atoms with van der Waals surface area (Å²) in [5, 5.41) is 3.34. The third-order valence-corrected chi connectivity index (χ3v) is 2.77. The van der Waals surface area contributed by atoms with Gasteiger partial charge in [0.2, 0.25) is 6.41 Å². The third-order valence-electron chi connectivity index (χ3n) is 2.77. The molecule has 0 aliphatic rings. The van der Waals surface area contributed by atoms with Gasteiger partial charge in [0.1, 0.15) is 0 Å². The van der Waals surface area contributed by atoms with Crippen molar-refractivity contribution < 1.29 is 4.79 Å². The number of nitrogens with one attached hydrogen (secondary N) is 1. The number of amides is 1. The smallest absolute Gasteiger partial charge is 0.213 e. The maximum Gasteiger partial charge on any atom is 0.213 e. The first kappa shape index (κ1) is 12.2. The fourth-order valence-corrected chi connectivity index (χ4v) is 1.78. The van der Waals surface area contributed by atoms with Gasteiger partial charge in [-0.2, -0.15) is 0 Å². The van der Waals surface area contributed by atoms with Crippen molar-refractivity contribution in [2.75, 3.05) is 17.3 Å². The molecule has 0 unspecified atom stereocenters. The average Bonchev–Trinajstić information content (AvgIpc) is 2.45. The molecule has 0 fully saturated rings. The monoisotopic (exact) mass is 240 g/mol. The summed E-state index contributed by atoms with van der Waals surface area (Å²) in [4.78, 5) is 12.4. The van der Waals surface area contributed by atoms with Gasteiger partial charge in [0, 0.05) is 13.6 Å². The zero-order valence-electron chi connectivity index (χ0n) is 10.3. The SMILES string of the molecule is CN(C=O)c1ccccc1NCc1ccccc1. The van der Waals surface area contributed by atoms with Crippen molar-refractivity contribution in [3.05, 3.63) is 60.2 Å². The zero-order valence-corrected chi connectivity index (χ0v) is 10.3. The van der Waals surface area contributed by atoms with Gasteiger partial charge in [0.25, 0.3) is 0 Å². The van der Waals surface area contributed by atoms with Crippen LogP contribution in [0.25, 0.3) is 0 Å². The number of nitrogens with zero attached hydrogens (tertiary/aromatic N) is 1. The predicted octanol–water partition coefficient (Wildman–Crippen LogP) is 2.89. The summed E-state index contributed by atoms with van der Waals surface area (Å²) in [6.45, 7) is 0.741. The lowest BCUT2D eigenvalue weighted by Gasteiger charge is -2.17. The Morgan fingerprint density at radius 2 is 1.72 bits per heavy atom. The number of carbonyl (C=O) groups excluding carboxylic acids is 1. The van der Waals surface area contributed by atoms with Gasteiger partial charge in [-0.15, -0.1) is 0 Å². The molecule has 0 radical (unpaired) electrons. The van der Waals surface area contributed by atoms with Gasteiger partial charge in [-0.3, -0.25) is 4.79 Å². The molecule has 0 atom stereocenters. The number of benzene rings is 2. The minimum atomic E-state index is 0.741. The van der Waals surface area contributed by atoms with Gasteiger partial charge in [0.05, 0.1) is 11.4 Å². The molecule has 0 saturated carbocycles. The Balaban J connectivity index is 2.12. The number of para-hydroxylation sites is 2. The molecule has 0 aliphatic carbocycles. The average molecular weight is 240 g/mol. The van der Waals surface area contributed by atoms with E-state index in [1.165, 1.54) is 5.56 Å². The molecule has 1 N–H and O–H groups in total. The van der Waals surface area contributed by atoms with Crippen molar-refractivity contribution in [3.8, 4) is 0 Å². The second-order valence-corrected chi connectivity index (χ2v) is 4.07. The van der Waals surface area contributed by atoms with Crippen LogP contribution in [0.3, 0.4) is 0 Å². The summed E-state index contributed by atoms with van der Waals surface area (Å²) in [6.07, 6.45) is 0.809. The Bertz CT molecular complexity index is 511. The summed E-state index contributed by atoms with van der Waals surface area (Å²) in [5.41, 5.74) is 3.04. The predicted molar refractivity (Wildman–Crippen MR) is 74.7 cm³/mol. The van der Waals surface area contributed by atoms with Gasteiger partial charge in [0.15, 0.2) is 0 Å². The van der Waals surface area contributed by atoms with Crippen LogP contribution in [0.5, 0.6) is 0 Å². The van der Waals surface area contributed by atoms with E-state index in [0.717, 1.165) is 24.3 Å². The molecule has 3 heteroatoms. The Kier molecular flexibility index (Phi) is 3.97. The Morgan fingerprint density at radius 1 is 1.06 bits per heavy atom. The normalized spacial score (nSPS) is 9.83. The highest BCUT2D eigenvalue weighted by molar-refractivity contribution is 5.82. The fraction of sp³-hybridized carbons (Fsp3) is 0.133. The molecule has 2 aromatic rings. The topological polar surface area (TPSA) is 32.3 Å². The molecule has 2 rings (SSSR count). The van der Waals surface area contributed by atoms with Crippen molar-refractivity contribution >= 4 is 17.8 Å². The minimum Gasteiger partial charge on any atom is -0.379 e. The van der Waals surface area contributed by atoms with Crippen molar-refractivity contribution in [2.24, 2.45) is 0 Å². The zero-order chi connectivity index (χ0) is 12.8. The van der Waals surface area contributed by atoms with Crippen LogP contribution in [0, 0.1) is 0 Å². The van der Waals surface area contributed by atoms with E-state index in [2.05, 4.69) is 17.4 Å². The molecule has 18 heavy (non-hydrogen) atoms. The number of rotatable bonds is 5.